The average Bonchev–Trinajstić information content (AvgIpc) is 2.76. The van der Waals surface area contributed by atoms with Crippen molar-refractivity contribution >= 4 is 39.1 Å². The van der Waals surface area contributed by atoms with Crippen LogP contribution in [0.15, 0.2) is 54.6 Å². The molecule has 32 heavy (non-hydrogen) atoms. The van der Waals surface area contributed by atoms with Gasteiger partial charge in [-0.25, -0.2) is 8.42 Å². The summed E-state index contributed by atoms with van der Waals surface area (Å²) < 4.78 is 26.0. The highest BCUT2D eigenvalue weighted by Crippen LogP contribution is 2.21. The zero-order valence-corrected chi connectivity index (χ0v) is 20.2. The summed E-state index contributed by atoms with van der Waals surface area (Å²) in [6.45, 7) is 4.04. The van der Waals surface area contributed by atoms with Crippen molar-refractivity contribution in [2.24, 2.45) is 0 Å². The molecule has 0 bridgehead atoms. The molecule has 0 radical (unpaired) electrons. The Morgan fingerprint density at radius 3 is 2.19 bits per heavy atom. The molecule has 0 aliphatic rings. The van der Waals surface area contributed by atoms with Crippen molar-refractivity contribution in [2.75, 3.05) is 23.7 Å². The second-order valence-corrected chi connectivity index (χ2v) is 9.81. The van der Waals surface area contributed by atoms with Crippen LogP contribution in [0.2, 0.25) is 5.02 Å². The molecule has 2 aromatic rings. The third-order valence-electron chi connectivity index (χ3n) is 4.92. The van der Waals surface area contributed by atoms with Gasteiger partial charge < -0.3 is 10.2 Å². The Labute approximate surface area is 195 Å². The first-order valence-corrected chi connectivity index (χ1v) is 12.7. The molecule has 0 aromatic heterocycles. The van der Waals surface area contributed by atoms with Gasteiger partial charge in [-0.05, 0) is 42.7 Å². The van der Waals surface area contributed by atoms with E-state index >= 15 is 0 Å². The number of hydrogen-bond acceptors (Lipinski definition) is 4. The molecular formula is C23H30ClN3O4S. The van der Waals surface area contributed by atoms with Crippen LogP contribution in [-0.2, 0) is 26.2 Å². The number of carbonyl (C=O) groups excluding carboxylic acids is 2. The van der Waals surface area contributed by atoms with Gasteiger partial charge in [0.05, 0.1) is 11.9 Å². The molecule has 0 spiro atoms. The summed E-state index contributed by atoms with van der Waals surface area (Å²) in [5, 5.41) is 3.30. The maximum absolute atomic E-state index is 13.4. The Morgan fingerprint density at radius 2 is 1.66 bits per heavy atom. The molecule has 7 nitrogen and oxygen atoms in total. The quantitative estimate of drug-likeness (QED) is 0.534. The van der Waals surface area contributed by atoms with Crippen LogP contribution in [-0.4, -0.2) is 50.5 Å². The number of nitrogens with zero attached hydrogens (tertiary/aromatic N) is 2. The van der Waals surface area contributed by atoms with Gasteiger partial charge in [0.15, 0.2) is 0 Å². The maximum Gasteiger partial charge on any atom is 0.244 e. The van der Waals surface area contributed by atoms with Gasteiger partial charge in [-0.3, -0.25) is 13.9 Å². The Bertz CT molecular complexity index is 998. The van der Waals surface area contributed by atoms with Crippen molar-refractivity contribution in [3.8, 4) is 0 Å². The van der Waals surface area contributed by atoms with E-state index in [1.807, 2.05) is 44.2 Å². The lowest BCUT2D eigenvalue weighted by molar-refractivity contribution is -0.140. The fourth-order valence-electron chi connectivity index (χ4n) is 3.29. The van der Waals surface area contributed by atoms with E-state index in [-0.39, 0.29) is 12.5 Å². The van der Waals surface area contributed by atoms with Gasteiger partial charge in [0.1, 0.15) is 12.6 Å². The summed E-state index contributed by atoms with van der Waals surface area (Å²) in [6, 6.07) is 14.8. The molecule has 0 heterocycles. The molecule has 0 unspecified atom stereocenters. The number of sulfonamides is 1. The van der Waals surface area contributed by atoms with Crippen LogP contribution in [0.1, 0.15) is 32.3 Å². The number of amides is 2. The van der Waals surface area contributed by atoms with Gasteiger partial charge in [-0.15, -0.1) is 0 Å². The van der Waals surface area contributed by atoms with E-state index in [1.165, 1.54) is 4.90 Å². The number of hydrogen-bond donors (Lipinski definition) is 1. The first-order chi connectivity index (χ1) is 15.2. The number of rotatable bonds is 11. The zero-order valence-electron chi connectivity index (χ0n) is 18.6. The lowest BCUT2D eigenvalue weighted by atomic mass is 10.1. The third-order valence-corrected chi connectivity index (χ3v) is 6.32. The van der Waals surface area contributed by atoms with Gasteiger partial charge in [-0.1, -0.05) is 55.8 Å². The van der Waals surface area contributed by atoms with E-state index in [0.29, 0.717) is 23.7 Å². The zero-order chi connectivity index (χ0) is 23.7. The predicted octanol–water partition coefficient (Wildman–Crippen LogP) is 3.44. The van der Waals surface area contributed by atoms with Crippen LogP contribution >= 0.6 is 11.6 Å². The fraction of sp³-hybridized carbons (Fsp3) is 0.391. The minimum atomic E-state index is -3.76. The molecule has 0 aliphatic carbocycles. The van der Waals surface area contributed by atoms with Gasteiger partial charge >= 0.3 is 0 Å². The Morgan fingerprint density at radius 1 is 1.03 bits per heavy atom. The van der Waals surface area contributed by atoms with Crippen LogP contribution in [0.4, 0.5) is 5.69 Å². The SMILES string of the molecule is CCCNC(=O)[C@@H](CC)N(Cc1ccccc1)C(=O)CN(c1ccc(Cl)cc1)S(C)(=O)=O. The highest BCUT2D eigenvalue weighted by atomic mass is 35.5. The van der Waals surface area contributed by atoms with Crippen LogP contribution in [0.3, 0.4) is 0 Å². The highest BCUT2D eigenvalue weighted by Gasteiger charge is 2.31. The summed E-state index contributed by atoms with van der Waals surface area (Å²) in [5.41, 5.74) is 1.17. The van der Waals surface area contributed by atoms with E-state index < -0.39 is 28.5 Å². The average molecular weight is 480 g/mol. The van der Waals surface area contributed by atoms with Crippen LogP contribution in [0.5, 0.6) is 0 Å². The van der Waals surface area contributed by atoms with Crippen molar-refractivity contribution in [3.63, 3.8) is 0 Å². The van der Waals surface area contributed by atoms with Crippen molar-refractivity contribution in [3.05, 3.63) is 65.2 Å². The third kappa shape index (κ3) is 7.24. The number of anilines is 1. The van der Waals surface area contributed by atoms with E-state index in [1.54, 1.807) is 24.3 Å². The van der Waals surface area contributed by atoms with Crippen LogP contribution in [0.25, 0.3) is 0 Å². The normalized spacial score (nSPS) is 12.1. The number of halogens is 1. The smallest absolute Gasteiger partial charge is 0.244 e. The highest BCUT2D eigenvalue weighted by molar-refractivity contribution is 7.92. The monoisotopic (exact) mass is 479 g/mol. The van der Waals surface area contributed by atoms with Crippen molar-refractivity contribution < 1.29 is 18.0 Å². The summed E-state index contributed by atoms with van der Waals surface area (Å²) in [5.74, 6) is -0.719. The van der Waals surface area contributed by atoms with Gasteiger partial charge in [0, 0.05) is 18.1 Å². The van der Waals surface area contributed by atoms with E-state index in [2.05, 4.69) is 5.32 Å². The largest absolute Gasteiger partial charge is 0.354 e. The molecule has 0 aliphatic heterocycles. The maximum atomic E-state index is 13.4. The Balaban J connectivity index is 2.38. The standard InChI is InChI=1S/C23H30ClN3O4S/c1-4-15-25-23(29)21(5-2)26(16-18-9-7-6-8-10-18)22(28)17-27(32(3,30)31)20-13-11-19(24)12-14-20/h6-14,21H,4-5,15-17H2,1-3H3,(H,25,29)/t21-/m1/s1. The molecule has 174 valence electrons. The van der Waals surface area contributed by atoms with Crippen LogP contribution in [0, 0.1) is 0 Å². The Hall–Kier alpha value is -2.58. The van der Waals surface area contributed by atoms with Crippen LogP contribution < -0.4 is 9.62 Å². The molecular weight excluding hydrogens is 450 g/mol. The van der Waals surface area contributed by atoms with Gasteiger partial charge in [0.2, 0.25) is 21.8 Å². The first kappa shape index (κ1) is 25.7. The summed E-state index contributed by atoms with van der Waals surface area (Å²) in [6.07, 6.45) is 2.21. The fourth-order valence-corrected chi connectivity index (χ4v) is 4.26. The van der Waals surface area contributed by atoms with Gasteiger partial charge in [-0.2, -0.15) is 0 Å². The van der Waals surface area contributed by atoms with Crippen molar-refractivity contribution in [1.82, 2.24) is 10.2 Å². The van der Waals surface area contributed by atoms with Gasteiger partial charge in [0.25, 0.3) is 0 Å². The van der Waals surface area contributed by atoms with E-state index in [4.69, 9.17) is 11.6 Å². The number of nitrogens with one attached hydrogen (secondary N) is 1. The van der Waals surface area contributed by atoms with Crippen molar-refractivity contribution in [2.45, 2.75) is 39.3 Å². The first-order valence-electron chi connectivity index (χ1n) is 10.5. The minimum absolute atomic E-state index is 0.190. The number of benzene rings is 2. The summed E-state index contributed by atoms with van der Waals surface area (Å²) in [7, 11) is -3.76. The molecule has 1 atom stereocenters. The van der Waals surface area contributed by atoms with E-state index in [0.717, 1.165) is 22.5 Å². The lowest BCUT2D eigenvalue weighted by Gasteiger charge is -2.32. The molecule has 9 heteroatoms. The van der Waals surface area contributed by atoms with E-state index in [9.17, 15) is 18.0 Å². The number of carbonyl (C=O) groups is 2. The Kier molecular flexibility index (Phi) is 9.53. The molecule has 0 saturated heterocycles. The predicted molar refractivity (Wildman–Crippen MR) is 128 cm³/mol. The molecule has 0 saturated carbocycles. The molecule has 2 aromatic carbocycles. The molecule has 2 rings (SSSR count). The summed E-state index contributed by atoms with van der Waals surface area (Å²) >= 11 is 5.93. The molecule has 1 N–H and O–H groups in total. The van der Waals surface area contributed by atoms with Crippen molar-refractivity contribution in [1.29, 1.82) is 0 Å². The summed E-state index contributed by atoms with van der Waals surface area (Å²) in [4.78, 5) is 27.7. The lowest BCUT2D eigenvalue weighted by Crippen LogP contribution is -2.52. The molecule has 2 amide bonds. The molecule has 0 fully saturated rings. The minimum Gasteiger partial charge on any atom is -0.354 e. The second-order valence-electron chi connectivity index (χ2n) is 7.47. The second kappa shape index (κ2) is 11.9. The topological polar surface area (TPSA) is 86.8 Å².